The van der Waals surface area contributed by atoms with Crippen molar-refractivity contribution in [2.75, 3.05) is 18.0 Å². The lowest BCUT2D eigenvalue weighted by molar-refractivity contribution is 0.405. The van der Waals surface area contributed by atoms with E-state index in [0.717, 1.165) is 29.9 Å². The van der Waals surface area contributed by atoms with E-state index in [-0.39, 0.29) is 0 Å². The van der Waals surface area contributed by atoms with E-state index in [9.17, 15) is 0 Å². The van der Waals surface area contributed by atoms with Crippen molar-refractivity contribution in [1.29, 1.82) is 0 Å². The molecule has 0 bridgehead atoms. The van der Waals surface area contributed by atoms with Gasteiger partial charge in [-0.15, -0.1) is 0 Å². The maximum Gasteiger partial charge on any atom is 0.147 e. The Morgan fingerprint density at radius 1 is 1.21 bits per heavy atom. The van der Waals surface area contributed by atoms with E-state index in [0.29, 0.717) is 17.1 Å². The first-order chi connectivity index (χ1) is 9.11. The van der Waals surface area contributed by atoms with E-state index in [1.807, 2.05) is 24.4 Å². The number of halogens is 1. The van der Waals surface area contributed by atoms with Crippen LogP contribution < -0.4 is 10.2 Å². The molecule has 1 aliphatic heterocycles. The molecule has 2 heterocycles. The van der Waals surface area contributed by atoms with E-state index < -0.39 is 0 Å². The van der Waals surface area contributed by atoms with Gasteiger partial charge in [-0.1, -0.05) is 11.6 Å². The molecule has 1 aromatic heterocycles. The Balaban J connectivity index is 1.94. The Morgan fingerprint density at radius 3 is 2.68 bits per heavy atom. The Morgan fingerprint density at radius 2 is 1.95 bits per heavy atom. The number of fused-ring (bicyclic) bond motifs is 1. The fourth-order valence-corrected chi connectivity index (χ4v) is 2.81. The molecule has 1 aliphatic rings. The van der Waals surface area contributed by atoms with Crippen LogP contribution in [-0.2, 0) is 0 Å². The minimum Gasteiger partial charge on any atom is -0.352 e. The first-order valence-corrected chi connectivity index (χ1v) is 6.93. The van der Waals surface area contributed by atoms with Gasteiger partial charge in [0, 0.05) is 30.2 Å². The zero-order valence-electron chi connectivity index (χ0n) is 11.1. The molecule has 2 aromatic rings. The molecule has 1 fully saturated rings. The second-order valence-corrected chi connectivity index (χ2v) is 5.67. The molecule has 0 spiro atoms. The highest BCUT2D eigenvalue weighted by molar-refractivity contribution is 6.31. The Labute approximate surface area is 117 Å². The molecular weight excluding hydrogens is 260 g/mol. The van der Waals surface area contributed by atoms with Crippen molar-refractivity contribution in [3.05, 3.63) is 29.4 Å². The maximum absolute atomic E-state index is 5.96. The van der Waals surface area contributed by atoms with E-state index in [1.165, 1.54) is 0 Å². The summed E-state index contributed by atoms with van der Waals surface area (Å²) in [4.78, 5) is 11.4. The van der Waals surface area contributed by atoms with Crippen LogP contribution >= 0.6 is 11.6 Å². The zero-order chi connectivity index (χ0) is 13.4. The standard InChI is InChI=1S/C14H17ClN4/c1-9-7-19(8-10(2)17-9)14-6-16-13-5-11(15)3-4-12(13)18-14/h3-6,9-10,17H,7-8H2,1-2H3/t9-,10-/m0/s1. The average Bonchev–Trinajstić information content (AvgIpc) is 2.37. The minimum atomic E-state index is 0.464. The lowest BCUT2D eigenvalue weighted by Crippen LogP contribution is -2.54. The molecular formula is C14H17ClN4. The molecule has 19 heavy (non-hydrogen) atoms. The van der Waals surface area contributed by atoms with Gasteiger partial charge in [0.25, 0.3) is 0 Å². The highest BCUT2D eigenvalue weighted by atomic mass is 35.5. The van der Waals surface area contributed by atoms with Crippen LogP contribution in [0.5, 0.6) is 0 Å². The molecule has 4 nitrogen and oxygen atoms in total. The summed E-state index contributed by atoms with van der Waals surface area (Å²) in [6.07, 6.45) is 1.84. The van der Waals surface area contributed by atoms with Crippen LogP contribution in [0.2, 0.25) is 5.02 Å². The summed E-state index contributed by atoms with van der Waals surface area (Å²) in [5.41, 5.74) is 1.73. The van der Waals surface area contributed by atoms with Gasteiger partial charge < -0.3 is 10.2 Å². The largest absolute Gasteiger partial charge is 0.352 e. The summed E-state index contributed by atoms with van der Waals surface area (Å²) < 4.78 is 0. The third kappa shape index (κ3) is 2.65. The predicted octanol–water partition coefficient (Wildman–Crippen LogP) is 2.47. The molecule has 1 saturated heterocycles. The van der Waals surface area contributed by atoms with Crippen molar-refractivity contribution in [2.45, 2.75) is 25.9 Å². The lowest BCUT2D eigenvalue weighted by atomic mass is 10.1. The number of nitrogens with zero attached hydrogens (tertiary/aromatic N) is 3. The highest BCUT2D eigenvalue weighted by Gasteiger charge is 2.22. The molecule has 1 aromatic carbocycles. The van der Waals surface area contributed by atoms with Gasteiger partial charge in [-0.3, -0.25) is 4.98 Å². The topological polar surface area (TPSA) is 41.1 Å². The average molecular weight is 277 g/mol. The van der Waals surface area contributed by atoms with E-state index >= 15 is 0 Å². The summed E-state index contributed by atoms with van der Waals surface area (Å²) in [5, 5.41) is 4.21. The van der Waals surface area contributed by atoms with Crippen molar-refractivity contribution in [2.24, 2.45) is 0 Å². The van der Waals surface area contributed by atoms with Crippen molar-refractivity contribution in [3.8, 4) is 0 Å². The maximum atomic E-state index is 5.96. The lowest BCUT2D eigenvalue weighted by Gasteiger charge is -2.36. The quantitative estimate of drug-likeness (QED) is 0.869. The molecule has 100 valence electrons. The van der Waals surface area contributed by atoms with Crippen LogP contribution in [0.3, 0.4) is 0 Å². The third-order valence-corrected chi connectivity index (χ3v) is 3.61. The molecule has 3 rings (SSSR count). The van der Waals surface area contributed by atoms with Crippen LogP contribution in [0.1, 0.15) is 13.8 Å². The molecule has 0 saturated carbocycles. The van der Waals surface area contributed by atoms with Gasteiger partial charge in [0.1, 0.15) is 5.82 Å². The summed E-state index contributed by atoms with van der Waals surface area (Å²) >= 11 is 5.96. The Bertz CT molecular complexity index is 591. The number of hydrogen-bond donors (Lipinski definition) is 1. The summed E-state index contributed by atoms with van der Waals surface area (Å²) in [5.74, 6) is 0.940. The van der Waals surface area contributed by atoms with Gasteiger partial charge in [0.15, 0.2) is 0 Å². The Kier molecular flexibility index (Phi) is 3.29. The zero-order valence-corrected chi connectivity index (χ0v) is 11.9. The van der Waals surface area contributed by atoms with Crippen LogP contribution in [0.4, 0.5) is 5.82 Å². The number of benzene rings is 1. The molecule has 0 amide bonds. The van der Waals surface area contributed by atoms with Crippen LogP contribution in [0.15, 0.2) is 24.4 Å². The highest BCUT2D eigenvalue weighted by Crippen LogP contribution is 2.20. The monoisotopic (exact) mass is 276 g/mol. The van der Waals surface area contributed by atoms with Gasteiger partial charge in [-0.2, -0.15) is 0 Å². The van der Waals surface area contributed by atoms with Gasteiger partial charge in [-0.25, -0.2) is 4.98 Å². The van der Waals surface area contributed by atoms with Crippen molar-refractivity contribution >= 4 is 28.5 Å². The SMILES string of the molecule is C[C@H]1CN(c2cnc3cc(Cl)ccc3n2)C[C@H](C)N1. The normalized spacial score (nSPS) is 23.8. The molecule has 0 aliphatic carbocycles. The minimum absolute atomic E-state index is 0.464. The van der Waals surface area contributed by atoms with Crippen LogP contribution in [0, 0.1) is 0 Å². The van der Waals surface area contributed by atoms with Crippen LogP contribution in [0.25, 0.3) is 11.0 Å². The Hall–Kier alpha value is -1.39. The number of piperazine rings is 1. The summed E-state index contributed by atoms with van der Waals surface area (Å²) in [7, 11) is 0. The molecule has 2 atom stereocenters. The number of nitrogens with one attached hydrogen (secondary N) is 1. The number of rotatable bonds is 1. The van der Waals surface area contributed by atoms with Crippen molar-refractivity contribution in [1.82, 2.24) is 15.3 Å². The van der Waals surface area contributed by atoms with Crippen molar-refractivity contribution < 1.29 is 0 Å². The van der Waals surface area contributed by atoms with E-state index in [4.69, 9.17) is 11.6 Å². The molecule has 0 unspecified atom stereocenters. The van der Waals surface area contributed by atoms with Gasteiger partial charge >= 0.3 is 0 Å². The number of aromatic nitrogens is 2. The third-order valence-electron chi connectivity index (χ3n) is 3.37. The smallest absolute Gasteiger partial charge is 0.147 e. The van der Waals surface area contributed by atoms with E-state index in [2.05, 4.69) is 34.0 Å². The fourth-order valence-electron chi connectivity index (χ4n) is 2.64. The molecule has 1 N–H and O–H groups in total. The van der Waals surface area contributed by atoms with Gasteiger partial charge in [0.2, 0.25) is 0 Å². The summed E-state index contributed by atoms with van der Waals surface area (Å²) in [6, 6.07) is 6.54. The first kappa shape index (κ1) is 12.6. The first-order valence-electron chi connectivity index (χ1n) is 6.55. The fraction of sp³-hybridized carbons (Fsp3) is 0.429. The van der Waals surface area contributed by atoms with Gasteiger partial charge in [0.05, 0.1) is 17.2 Å². The predicted molar refractivity (Wildman–Crippen MR) is 78.8 cm³/mol. The summed E-state index contributed by atoms with van der Waals surface area (Å²) in [6.45, 7) is 6.30. The number of anilines is 1. The van der Waals surface area contributed by atoms with Crippen molar-refractivity contribution in [3.63, 3.8) is 0 Å². The molecule has 5 heteroatoms. The van der Waals surface area contributed by atoms with E-state index in [1.54, 1.807) is 0 Å². The molecule has 0 radical (unpaired) electrons. The van der Waals surface area contributed by atoms with Crippen LogP contribution in [-0.4, -0.2) is 35.1 Å². The van der Waals surface area contributed by atoms with Gasteiger partial charge in [-0.05, 0) is 32.0 Å². The second kappa shape index (κ2) is 4.94. The number of hydrogen-bond acceptors (Lipinski definition) is 4. The second-order valence-electron chi connectivity index (χ2n) is 5.23.